The summed E-state index contributed by atoms with van der Waals surface area (Å²) < 4.78 is 10.7. The fourth-order valence-electron chi connectivity index (χ4n) is 3.71. The summed E-state index contributed by atoms with van der Waals surface area (Å²) in [5, 5.41) is 4.05. The number of ether oxygens (including phenoxy) is 2. The van der Waals surface area contributed by atoms with Gasteiger partial charge < -0.3 is 14.3 Å². The lowest BCUT2D eigenvalue weighted by Crippen LogP contribution is -2.33. The number of nitrogens with zero attached hydrogens (tertiary/aromatic N) is 2. The molecule has 0 radical (unpaired) electrons. The Morgan fingerprint density at radius 2 is 1.79 bits per heavy atom. The van der Waals surface area contributed by atoms with E-state index in [1.165, 1.54) is 12.0 Å². The molecule has 0 unspecified atom stereocenters. The Labute approximate surface area is 162 Å². The number of rotatable bonds is 4. The first-order valence-electron chi connectivity index (χ1n) is 8.87. The highest BCUT2D eigenvalue weighted by molar-refractivity contribution is 6.33. The van der Waals surface area contributed by atoms with E-state index in [9.17, 15) is 9.59 Å². The largest absolute Gasteiger partial charge is 0.497 e. The molecule has 1 saturated heterocycles. The zero-order valence-corrected chi connectivity index (χ0v) is 16.1. The fourth-order valence-corrected chi connectivity index (χ4v) is 3.71. The molecule has 1 fully saturated rings. The Morgan fingerprint density at radius 3 is 2.46 bits per heavy atom. The van der Waals surface area contributed by atoms with Gasteiger partial charge in [0, 0.05) is 5.56 Å². The minimum atomic E-state index is -0.973. The third-order valence-corrected chi connectivity index (χ3v) is 5.09. The number of amides is 2. The van der Waals surface area contributed by atoms with E-state index in [2.05, 4.69) is 5.16 Å². The van der Waals surface area contributed by atoms with Gasteiger partial charge >= 0.3 is 0 Å². The van der Waals surface area contributed by atoms with Crippen molar-refractivity contribution in [1.29, 1.82) is 0 Å². The molecule has 2 aromatic carbocycles. The van der Waals surface area contributed by atoms with E-state index in [0.29, 0.717) is 28.5 Å². The van der Waals surface area contributed by atoms with Gasteiger partial charge in [-0.15, -0.1) is 0 Å². The molecule has 2 amide bonds. The molecular weight excluding hydrogens is 360 g/mol. The number of hydrogen-bond donors (Lipinski definition) is 0. The number of benzene rings is 2. The third-order valence-electron chi connectivity index (χ3n) is 5.09. The van der Waals surface area contributed by atoms with Crippen LogP contribution in [0, 0.1) is 19.8 Å². The summed E-state index contributed by atoms with van der Waals surface area (Å²) >= 11 is 0. The Hall–Kier alpha value is -3.35. The molecule has 2 aromatic rings. The van der Waals surface area contributed by atoms with Crippen LogP contribution in [0.4, 0.5) is 5.69 Å². The van der Waals surface area contributed by atoms with Crippen molar-refractivity contribution in [3.8, 4) is 11.5 Å². The SMILES string of the molecule is COc1ccc(OC)c(C2=NO[C@@H]3C(=O)N(c4ccc(C)cc4C)C(=O)[C@H]23)c1. The van der Waals surface area contributed by atoms with Crippen molar-refractivity contribution in [2.24, 2.45) is 11.1 Å². The van der Waals surface area contributed by atoms with Gasteiger partial charge in [-0.05, 0) is 43.7 Å². The van der Waals surface area contributed by atoms with Gasteiger partial charge in [0.05, 0.1) is 19.9 Å². The molecule has 2 heterocycles. The summed E-state index contributed by atoms with van der Waals surface area (Å²) in [7, 11) is 3.08. The third kappa shape index (κ3) is 2.62. The molecule has 0 bridgehead atoms. The van der Waals surface area contributed by atoms with Crippen molar-refractivity contribution in [3.05, 3.63) is 53.1 Å². The van der Waals surface area contributed by atoms with E-state index in [1.54, 1.807) is 31.4 Å². The van der Waals surface area contributed by atoms with Crippen LogP contribution < -0.4 is 14.4 Å². The molecule has 7 nitrogen and oxygen atoms in total. The topological polar surface area (TPSA) is 77.4 Å². The van der Waals surface area contributed by atoms with Gasteiger partial charge in [-0.1, -0.05) is 22.9 Å². The lowest BCUT2D eigenvalue weighted by Gasteiger charge is -2.18. The van der Waals surface area contributed by atoms with Gasteiger partial charge in [-0.25, -0.2) is 4.90 Å². The van der Waals surface area contributed by atoms with Crippen molar-refractivity contribution in [1.82, 2.24) is 0 Å². The molecule has 0 aromatic heterocycles. The predicted molar refractivity (Wildman–Crippen MR) is 103 cm³/mol. The lowest BCUT2D eigenvalue weighted by molar-refractivity contribution is -0.126. The van der Waals surface area contributed by atoms with E-state index in [1.807, 2.05) is 26.0 Å². The number of methoxy groups -OCH3 is 2. The zero-order valence-electron chi connectivity index (χ0n) is 16.1. The van der Waals surface area contributed by atoms with Crippen LogP contribution in [0.5, 0.6) is 11.5 Å². The number of anilines is 1. The van der Waals surface area contributed by atoms with Crippen molar-refractivity contribution in [2.45, 2.75) is 20.0 Å². The van der Waals surface area contributed by atoms with Gasteiger partial charge in [-0.3, -0.25) is 9.59 Å². The predicted octanol–water partition coefficient (Wildman–Crippen LogP) is 2.61. The summed E-state index contributed by atoms with van der Waals surface area (Å²) in [4.78, 5) is 32.8. The molecule has 0 saturated carbocycles. The summed E-state index contributed by atoms with van der Waals surface area (Å²) in [6.07, 6.45) is -0.973. The monoisotopic (exact) mass is 380 g/mol. The van der Waals surface area contributed by atoms with Crippen molar-refractivity contribution < 1.29 is 23.9 Å². The maximum atomic E-state index is 13.2. The van der Waals surface area contributed by atoms with Gasteiger partial charge in [0.25, 0.3) is 5.91 Å². The number of hydrogen-bond acceptors (Lipinski definition) is 6. The highest BCUT2D eigenvalue weighted by Gasteiger charge is 2.56. The maximum absolute atomic E-state index is 13.2. The van der Waals surface area contributed by atoms with Crippen LogP contribution in [0.2, 0.25) is 0 Å². The van der Waals surface area contributed by atoms with E-state index in [-0.39, 0.29) is 5.91 Å². The Morgan fingerprint density at radius 1 is 1.00 bits per heavy atom. The minimum Gasteiger partial charge on any atom is -0.497 e. The van der Waals surface area contributed by atoms with Crippen LogP contribution in [0.3, 0.4) is 0 Å². The second kappa shape index (κ2) is 6.67. The van der Waals surface area contributed by atoms with Crippen LogP contribution in [0.25, 0.3) is 0 Å². The van der Waals surface area contributed by atoms with Crippen molar-refractivity contribution >= 4 is 23.2 Å². The molecule has 7 heteroatoms. The second-order valence-electron chi connectivity index (χ2n) is 6.85. The van der Waals surface area contributed by atoms with Gasteiger partial charge in [-0.2, -0.15) is 0 Å². The minimum absolute atomic E-state index is 0.358. The molecule has 2 aliphatic rings. The van der Waals surface area contributed by atoms with E-state index in [0.717, 1.165) is 11.1 Å². The number of oxime groups is 1. The highest BCUT2D eigenvalue weighted by Crippen LogP contribution is 2.38. The van der Waals surface area contributed by atoms with Crippen LogP contribution in [0.15, 0.2) is 41.6 Å². The smallest absolute Gasteiger partial charge is 0.278 e. The summed E-state index contributed by atoms with van der Waals surface area (Å²) in [6.45, 7) is 3.83. The number of carbonyl (C=O) groups excluding carboxylic acids is 2. The van der Waals surface area contributed by atoms with Crippen LogP contribution >= 0.6 is 0 Å². The highest BCUT2D eigenvalue weighted by atomic mass is 16.7. The van der Waals surface area contributed by atoms with Crippen LogP contribution in [-0.2, 0) is 14.4 Å². The Balaban J connectivity index is 1.75. The molecule has 28 heavy (non-hydrogen) atoms. The number of imide groups is 1. The molecule has 4 rings (SSSR count). The van der Waals surface area contributed by atoms with Gasteiger partial charge in [0.2, 0.25) is 12.0 Å². The summed E-state index contributed by atoms with van der Waals surface area (Å²) in [6, 6.07) is 10.8. The van der Waals surface area contributed by atoms with E-state index in [4.69, 9.17) is 14.3 Å². The number of aryl methyl sites for hydroxylation is 2. The molecule has 2 atom stereocenters. The number of fused-ring (bicyclic) bond motifs is 1. The standard InChI is InChI=1S/C21H20N2O5/c1-11-5-7-15(12(2)9-11)23-20(24)17-18(22-28-19(17)21(23)25)14-10-13(26-3)6-8-16(14)27-4/h5-10,17,19H,1-4H3/t17-,19+/m1/s1. The molecule has 2 aliphatic heterocycles. The first-order valence-corrected chi connectivity index (χ1v) is 8.87. The number of carbonyl (C=O) groups is 2. The normalized spacial score (nSPS) is 20.7. The zero-order chi connectivity index (χ0) is 20.0. The average Bonchev–Trinajstić information content (AvgIpc) is 3.22. The molecule has 0 aliphatic carbocycles. The van der Waals surface area contributed by atoms with Gasteiger partial charge in [0.1, 0.15) is 23.1 Å². The molecule has 0 spiro atoms. The van der Waals surface area contributed by atoms with Gasteiger partial charge in [0.15, 0.2) is 0 Å². The quantitative estimate of drug-likeness (QED) is 0.762. The second-order valence-corrected chi connectivity index (χ2v) is 6.85. The maximum Gasteiger partial charge on any atom is 0.278 e. The molecule has 144 valence electrons. The van der Waals surface area contributed by atoms with Crippen molar-refractivity contribution in [2.75, 3.05) is 19.1 Å². The van der Waals surface area contributed by atoms with Crippen LogP contribution in [-0.4, -0.2) is 37.8 Å². The van der Waals surface area contributed by atoms with Crippen molar-refractivity contribution in [3.63, 3.8) is 0 Å². The average molecular weight is 380 g/mol. The summed E-state index contributed by atoms with van der Waals surface area (Å²) in [5.41, 5.74) is 3.40. The molecule has 0 N–H and O–H groups in total. The van der Waals surface area contributed by atoms with E-state index < -0.39 is 17.9 Å². The Bertz CT molecular complexity index is 1010. The first kappa shape index (κ1) is 18.0. The van der Waals surface area contributed by atoms with E-state index >= 15 is 0 Å². The molecular formula is C21H20N2O5. The fraction of sp³-hybridized carbons (Fsp3) is 0.286. The summed E-state index contributed by atoms with van der Waals surface area (Å²) in [5.74, 6) is -0.487. The lowest BCUT2D eigenvalue weighted by atomic mass is 9.93. The Kier molecular flexibility index (Phi) is 4.30. The van der Waals surface area contributed by atoms with Crippen LogP contribution in [0.1, 0.15) is 16.7 Å². The first-order chi connectivity index (χ1) is 13.5.